The largest absolute Gasteiger partial charge is 0.471 e. The zero-order valence-corrected chi connectivity index (χ0v) is 13.8. The molecule has 0 N–H and O–H groups in total. The summed E-state index contributed by atoms with van der Waals surface area (Å²) in [4.78, 5) is 23.3. The third-order valence-electron chi connectivity index (χ3n) is 3.73. The molecule has 122 valence electrons. The molecular weight excluding hydrogens is 314 g/mol. The van der Waals surface area contributed by atoms with E-state index in [0.29, 0.717) is 17.3 Å². The maximum Gasteiger partial charge on any atom is 0.267 e. The minimum atomic E-state index is -0.0556. The van der Waals surface area contributed by atoms with Crippen LogP contribution in [0.2, 0.25) is 0 Å². The number of hydrogen-bond acceptors (Lipinski definition) is 7. The van der Waals surface area contributed by atoms with Gasteiger partial charge in [0.25, 0.3) is 5.91 Å². The minimum absolute atomic E-state index is 0.0101. The van der Waals surface area contributed by atoms with Crippen LogP contribution in [0.4, 0.5) is 0 Å². The predicted octanol–water partition coefficient (Wildman–Crippen LogP) is 1.96. The van der Waals surface area contributed by atoms with Crippen molar-refractivity contribution in [3.8, 4) is 5.88 Å². The van der Waals surface area contributed by atoms with Gasteiger partial charge in [-0.25, -0.2) is 4.98 Å². The van der Waals surface area contributed by atoms with Crippen molar-refractivity contribution in [2.45, 2.75) is 38.7 Å². The average Bonchev–Trinajstić information content (AvgIpc) is 3.04. The van der Waals surface area contributed by atoms with Gasteiger partial charge in [-0.1, -0.05) is 17.8 Å². The molecule has 3 rings (SSSR count). The van der Waals surface area contributed by atoms with E-state index >= 15 is 0 Å². The Morgan fingerprint density at radius 2 is 2.39 bits per heavy atom. The maximum atomic E-state index is 12.7. The van der Waals surface area contributed by atoms with E-state index in [9.17, 15) is 4.79 Å². The van der Waals surface area contributed by atoms with Crippen molar-refractivity contribution in [1.82, 2.24) is 24.5 Å². The quantitative estimate of drug-likeness (QED) is 0.832. The number of carbonyl (C=O) groups is 1. The highest BCUT2D eigenvalue weighted by Gasteiger charge is 2.28. The summed E-state index contributed by atoms with van der Waals surface area (Å²) in [6, 6.07) is 0. The van der Waals surface area contributed by atoms with E-state index < -0.39 is 0 Å². The van der Waals surface area contributed by atoms with Crippen LogP contribution in [0, 0.1) is 0 Å². The number of nitrogens with zero attached hydrogens (tertiary/aromatic N) is 5. The van der Waals surface area contributed by atoms with E-state index in [2.05, 4.69) is 26.5 Å². The summed E-state index contributed by atoms with van der Waals surface area (Å²) in [6.45, 7) is 3.36. The molecule has 1 saturated heterocycles. The van der Waals surface area contributed by atoms with Gasteiger partial charge in [0.1, 0.15) is 11.0 Å². The van der Waals surface area contributed by atoms with Crippen LogP contribution in [-0.4, -0.2) is 49.6 Å². The van der Waals surface area contributed by atoms with Gasteiger partial charge in [0.05, 0.1) is 18.4 Å². The second-order valence-corrected chi connectivity index (χ2v) is 6.23. The Morgan fingerprint density at radius 3 is 3.17 bits per heavy atom. The third kappa shape index (κ3) is 3.82. The lowest BCUT2D eigenvalue weighted by Crippen LogP contribution is -2.44. The van der Waals surface area contributed by atoms with Crippen molar-refractivity contribution in [1.29, 1.82) is 0 Å². The van der Waals surface area contributed by atoms with Gasteiger partial charge in [-0.2, -0.15) is 0 Å². The Kier molecular flexibility index (Phi) is 5.12. The Labute approximate surface area is 138 Å². The number of carbonyl (C=O) groups excluding carboxylic acids is 1. The van der Waals surface area contributed by atoms with Gasteiger partial charge in [-0.3, -0.25) is 9.78 Å². The van der Waals surface area contributed by atoms with Crippen LogP contribution in [0.5, 0.6) is 5.88 Å². The van der Waals surface area contributed by atoms with Crippen LogP contribution in [0.3, 0.4) is 0 Å². The molecule has 1 aliphatic rings. The zero-order chi connectivity index (χ0) is 16.1. The number of hydrogen-bond donors (Lipinski definition) is 0. The van der Waals surface area contributed by atoms with Gasteiger partial charge < -0.3 is 9.64 Å². The number of ether oxygens (including phenoxy) is 1. The number of likely N-dealkylation sites (tertiary alicyclic amines) is 1. The maximum absolute atomic E-state index is 12.7. The molecule has 2 aromatic heterocycles. The molecule has 0 saturated carbocycles. The molecule has 1 atom stereocenters. The highest BCUT2D eigenvalue weighted by atomic mass is 32.1. The van der Waals surface area contributed by atoms with E-state index in [0.717, 1.165) is 37.9 Å². The second kappa shape index (κ2) is 7.45. The van der Waals surface area contributed by atoms with Gasteiger partial charge in [-0.15, -0.1) is 5.10 Å². The molecule has 2 aromatic rings. The second-order valence-electron chi connectivity index (χ2n) is 5.48. The number of aromatic nitrogens is 4. The molecule has 0 aliphatic carbocycles. The lowest BCUT2D eigenvalue weighted by molar-refractivity contribution is 0.0530. The fourth-order valence-electron chi connectivity index (χ4n) is 2.65. The molecule has 0 unspecified atom stereocenters. The van der Waals surface area contributed by atoms with Crippen molar-refractivity contribution >= 4 is 17.4 Å². The molecule has 0 aromatic carbocycles. The molecule has 3 heterocycles. The molecule has 1 aliphatic heterocycles. The lowest BCUT2D eigenvalue weighted by atomic mass is 10.1. The van der Waals surface area contributed by atoms with Crippen LogP contribution in [0.1, 0.15) is 41.6 Å². The lowest BCUT2D eigenvalue weighted by Gasteiger charge is -2.32. The van der Waals surface area contributed by atoms with Gasteiger partial charge in [-0.05, 0) is 30.8 Å². The summed E-state index contributed by atoms with van der Waals surface area (Å²) in [5, 5.41) is 4.08. The molecule has 1 fully saturated rings. The van der Waals surface area contributed by atoms with E-state index in [1.165, 1.54) is 11.5 Å². The highest BCUT2D eigenvalue weighted by Crippen LogP contribution is 2.21. The molecule has 0 bridgehead atoms. The first-order chi connectivity index (χ1) is 11.3. The summed E-state index contributed by atoms with van der Waals surface area (Å²) in [5.74, 6) is 0.508. The van der Waals surface area contributed by atoms with Gasteiger partial charge in [0.15, 0.2) is 0 Å². The molecule has 7 nitrogen and oxygen atoms in total. The topological polar surface area (TPSA) is 81.1 Å². The van der Waals surface area contributed by atoms with Crippen LogP contribution in [-0.2, 0) is 6.42 Å². The normalized spacial score (nSPS) is 18.0. The van der Waals surface area contributed by atoms with E-state index in [4.69, 9.17) is 4.74 Å². The minimum Gasteiger partial charge on any atom is -0.471 e. The number of amides is 1. The summed E-state index contributed by atoms with van der Waals surface area (Å²) >= 11 is 1.18. The molecule has 23 heavy (non-hydrogen) atoms. The standard InChI is InChI=1S/C15H19N5O2S/c1-2-4-12-14(23-19-18-12)15(21)20-8-3-5-11(10-20)22-13-9-16-6-7-17-13/h6-7,9,11H,2-5,8,10H2,1H3/t11-/m1/s1. The van der Waals surface area contributed by atoms with Crippen LogP contribution < -0.4 is 4.74 Å². The third-order valence-corrected chi connectivity index (χ3v) is 4.49. The Morgan fingerprint density at radius 1 is 1.48 bits per heavy atom. The average molecular weight is 333 g/mol. The van der Waals surface area contributed by atoms with Crippen LogP contribution >= 0.6 is 11.5 Å². The number of aryl methyl sites for hydroxylation is 1. The first kappa shape index (κ1) is 15.8. The molecule has 0 radical (unpaired) electrons. The van der Waals surface area contributed by atoms with Crippen LogP contribution in [0.15, 0.2) is 18.6 Å². The van der Waals surface area contributed by atoms with Gasteiger partial charge in [0.2, 0.25) is 5.88 Å². The zero-order valence-electron chi connectivity index (χ0n) is 13.0. The summed E-state index contributed by atoms with van der Waals surface area (Å²) in [7, 11) is 0. The summed E-state index contributed by atoms with van der Waals surface area (Å²) < 4.78 is 9.77. The van der Waals surface area contributed by atoms with Crippen molar-refractivity contribution in [3.05, 3.63) is 29.2 Å². The highest BCUT2D eigenvalue weighted by molar-refractivity contribution is 7.08. The Hall–Kier alpha value is -2.09. The van der Waals surface area contributed by atoms with Crippen molar-refractivity contribution < 1.29 is 9.53 Å². The first-order valence-corrected chi connectivity index (χ1v) is 8.58. The van der Waals surface area contributed by atoms with E-state index in [-0.39, 0.29) is 12.0 Å². The van der Waals surface area contributed by atoms with E-state index in [1.54, 1.807) is 18.6 Å². The molecule has 1 amide bonds. The predicted molar refractivity (Wildman–Crippen MR) is 85.5 cm³/mol. The molecule has 8 heteroatoms. The van der Waals surface area contributed by atoms with Crippen molar-refractivity contribution in [2.24, 2.45) is 0 Å². The SMILES string of the molecule is CCCc1nnsc1C(=O)N1CCC[C@@H](Oc2cnccn2)C1. The number of rotatable bonds is 5. The molecular formula is C15H19N5O2S. The monoisotopic (exact) mass is 333 g/mol. The fourth-order valence-corrected chi connectivity index (χ4v) is 3.33. The summed E-state index contributed by atoms with van der Waals surface area (Å²) in [6.07, 6.45) is 8.29. The van der Waals surface area contributed by atoms with Gasteiger partial charge in [0, 0.05) is 18.9 Å². The first-order valence-electron chi connectivity index (χ1n) is 7.81. The molecule has 0 spiro atoms. The Balaban J connectivity index is 1.66. The van der Waals surface area contributed by atoms with E-state index in [1.807, 2.05) is 4.90 Å². The summed E-state index contributed by atoms with van der Waals surface area (Å²) in [5.41, 5.74) is 0.805. The van der Waals surface area contributed by atoms with Gasteiger partial charge >= 0.3 is 0 Å². The van der Waals surface area contributed by atoms with Crippen LogP contribution in [0.25, 0.3) is 0 Å². The van der Waals surface area contributed by atoms with Crippen molar-refractivity contribution in [3.63, 3.8) is 0 Å². The fraction of sp³-hybridized carbons (Fsp3) is 0.533. The number of piperidine rings is 1. The Bertz CT molecular complexity index is 648. The smallest absolute Gasteiger partial charge is 0.267 e. The van der Waals surface area contributed by atoms with Crippen molar-refractivity contribution in [2.75, 3.05) is 13.1 Å².